The van der Waals surface area contributed by atoms with Crippen LogP contribution in [0.3, 0.4) is 0 Å². The lowest BCUT2D eigenvalue weighted by molar-refractivity contribution is -0.383. The average molecular weight is 306 g/mol. The highest BCUT2D eigenvalue weighted by Crippen LogP contribution is 2.28. The predicted molar refractivity (Wildman–Crippen MR) is 82.0 cm³/mol. The summed E-state index contributed by atoms with van der Waals surface area (Å²) in [6, 6.07) is 10.9. The van der Waals surface area contributed by atoms with Gasteiger partial charge in [0.1, 0.15) is 5.69 Å². The third kappa shape index (κ3) is 3.29. The molecular formula is C14H12ClN3O3. The molecular weight excluding hydrogens is 294 g/mol. The SMILES string of the molecule is CNc1ccccc1C(=O)Nc1ccc(Cl)cc1[N+](=O)[O-]. The van der Waals surface area contributed by atoms with Crippen molar-refractivity contribution in [1.29, 1.82) is 0 Å². The Balaban J connectivity index is 2.34. The van der Waals surface area contributed by atoms with Gasteiger partial charge < -0.3 is 10.6 Å². The number of carbonyl (C=O) groups is 1. The van der Waals surface area contributed by atoms with E-state index in [0.717, 1.165) is 0 Å². The maximum atomic E-state index is 12.2. The number of hydrogen-bond acceptors (Lipinski definition) is 4. The van der Waals surface area contributed by atoms with Gasteiger partial charge in [-0.1, -0.05) is 23.7 Å². The first kappa shape index (κ1) is 14.8. The van der Waals surface area contributed by atoms with Crippen LogP contribution < -0.4 is 10.6 Å². The number of amides is 1. The zero-order chi connectivity index (χ0) is 15.4. The van der Waals surface area contributed by atoms with Gasteiger partial charge in [0.2, 0.25) is 0 Å². The molecule has 0 atom stereocenters. The molecule has 1 amide bonds. The second kappa shape index (κ2) is 6.23. The van der Waals surface area contributed by atoms with Gasteiger partial charge in [0.05, 0.1) is 10.5 Å². The number of rotatable bonds is 4. The van der Waals surface area contributed by atoms with Crippen LogP contribution >= 0.6 is 11.6 Å². The van der Waals surface area contributed by atoms with E-state index < -0.39 is 10.8 Å². The van der Waals surface area contributed by atoms with Crippen molar-refractivity contribution in [2.24, 2.45) is 0 Å². The minimum Gasteiger partial charge on any atom is -0.387 e. The zero-order valence-corrected chi connectivity index (χ0v) is 11.8. The van der Waals surface area contributed by atoms with Gasteiger partial charge in [-0.05, 0) is 24.3 Å². The largest absolute Gasteiger partial charge is 0.387 e. The Morgan fingerprint density at radius 2 is 1.90 bits per heavy atom. The topological polar surface area (TPSA) is 84.3 Å². The quantitative estimate of drug-likeness (QED) is 0.668. The lowest BCUT2D eigenvalue weighted by Crippen LogP contribution is -2.14. The van der Waals surface area contributed by atoms with E-state index in [1.54, 1.807) is 31.3 Å². The molecule has 0 fully saturated rings. The maximum Gasteiger partial charge on any atom is 0.294 e. The van der Waals surface area contributed by atoms with Crippen molar-refractivity contribution in [1.82, 2.24) is 0 Å². The normalized spacial score (nSPS) is 10.0. The number of carbonyl (C=O) groups excluding carboxylic acids is 1. The number of halogens is 1. The Bertz CT molecular complexity index is 704. The smallest absolute Gasteiger partial charge is 0.294 e. The van der Waals surface area contributed by atoms with E-state index >= 15 is 0 Å². The number of anilines is 2. The first-order valence-electron chi connectivity index (χ1n) is 6.05. The number of nitro benzene ring substituents is 1. The zero-order valence-electron chi connectivity index (χ0n) is 11.1. The van der Waals surface area contributed by atoms with Crippen molar-refractivity contribution < 1.29 is 9.72 Å². The Morgan fingerprint density at radius 1 is 1.19 bits per heavy atom. The summed E-state index contributed by atoms with van der Waals surface area (Å²) in [7, 11) is 1.69. The molecule has 0 unspecified atom stereocenters. The van der Waals surface area contributed by atoms with Crippen molar-refractivity contribution in [3.8, 4) is 0 Å². The van der Waals surface area contributed by atoms with Crippen LogP contribution in [-0.2, 0) is 0 Å². The van der Waals surface area contributed by atoms with E-state index in [4.69, 9.17) is 11.6 Å². The molecule has 21 heavy (non-hydrogen) atoms. The molecule has 2 aromatic rings. The first-order valence-corrected chi connectivity index (χ1v) is 6.43. The number of nitrogens with zero attached hydrogens (tertiary/aromatic N) is 1. The Morgan fingerprint density at radius 3 is 2.57 bits per heavy atom. The molecule has 7 heteroatoms. The minimum atomic E-state index is -0.592. The minimum absolute atomic E-state index is 0.0975. The summed E-state index contributed by atoms with van der Waals surface area (Å²) in [4.78, 5) is 22.7. The Labute approximate surface area is 125 Å². The number of benzene rings is 2. The highest BCUT2D eigenvalue weighted by Gasteiger charge is 2.18. The summed E-state index contributed by atoms with van der Waals surface area (Å²) in [6.07, 6.45) is 0. The fraction of sp³-hybridized carbons (Fsp3) is 0.0714. The average Bonchev–Trinajstić information content (AvgIpc) is 2.48. The van der Waals surface area contributed by atoms with E-state index in [0.29, 0.717) is 11.3 Å². The van der Waals surface area contributed by atoms with E-state index in [-0.39, 0.29) is 16.4 Å². The van der Waals surface area contributed by atoms with Gasteiger partial charge in [0.15, 0.2) is 0 Å². The lowest BCUT2D eigenvalue weighted by Gasteiger charge is -2.10. The molecule has 108 valence electrons. The van der Waals surface area contributed by atoms with Crippen LogP contribution in [-0.4, -0.2) is 17.9 Å². The molecule has 0 saturated carbocycles. The van der Waals surface area contributed by atoms with Crippen LogP contribution in [0, 0.1) is 10.1 Å². The molecule has 0 saturated heterocycles. The second-order valence-corrected chi connectivity index (χ2v) is 4.60. The van der Waals surface area contributed by atoms with Crippen LogP contribution in [0.4, 0.5) is 17.1 Å². The maximum absolute atomic E-state index is 12.2. The summed E-state index contributed by atoms with van der Waals surface area (Å²) in [5.41, 5.74) is 0.869. The van der Waals surface area contributed by atoms with E-state index in [1.165, 1.54) is 18.2 Å². The molecule has 2 rings (SSSR count). The number of para-hydroxylation sites is 1. The summed E-state index contributed by atoms with van der Waals surface area (Å²) in [5, 5.41) is 16.7. The number of nitrogens with one attached hydrogen (secondary N) is 2. The molecule has 0 aliphatic rings. The predicted octanol–water partition coefficient (Wildman–Crippen LogP) is 3.54. The standard InChI is InChI=1S/C14H12ClN3O3/c1-16-11-5-3-2-4-10(11)14(19)17-12-7-6-9(15)8-13(12)18(20)21/h2-8,16H,1H3,(H,17,19). The summed E-state index contributed by atoms with van der Waals surface area (Å²) < 4.78 is 0. The second-order valence-electron chi connectivity index (χ2n) is 4.17. The molecule has 2 N–H and O–H groups in total. The number of nitro groups is 1. The molecule has 0 spiro atoms. The van der Waals surface area contributed by atoms with Crippen LogP contribution in [0.25, 0.3) is 0 Å². The highest BCUT2D eigenvalue weighted by molar-refractivity contribution is 6.31. The van der Waals surface area contributed by atoms with Gasteiger partial charge in [-0.25, -0.2) is 0 Å². The van der Waals surface area contributed by atoms with Gasteiger partial charge in [0.25, 0.3) is 11.6 Å². The third-order valence-corrected chi connectivity index (χ3v) is 3.08. The summed E-state index contributed by atoms with van der Waals surface area (Å²) in [6.45, 7) is 0. The fourth-order valence-corrected chi connectivity index (χ4v) is 2.02. The van der Waals surface area contributed by atoms with Crippen LogP contribution in [0.15, 0.2) is 42.5 Å². The monoisotopic (exact) mass is 305 g/mol. The Hall–Kier alpha value is -2.60. The molecule has 2 aromatic carbocycles. The molecule has 0 radical (unpaired) electrons. The van der Waals surface area contributed by atoms with Gasteiger partial charge in [-0.2, -0.15) is 0 Å². The molecule has 0 aliphatic carbocycles. The number of hydrogen-bond donors (Lipinski definition) is 2. The molecule has 6 nitrogen and oxygen atoms in total. The lowest BCUT2D eigenvalue weighted by atomic mass is 10.1. The molecule has 0 heterocycles. The van der Waals surface area contributed by atoms with Crippen LogP contribution in [0.5, 0.6) is 0 Å². The fourth-order valence-electron chi connectivity index (χ4n) is 1.85. The van der Waals surface area contributed by atoms with E-state index in [2.05, 4.69) is 10.6 Å². The third-order valence-electron chi connectivity index (χ3n) is 2.85. The Kier molecular flexibility index (Phi) is 4.39. The van der Waals surface area contributed by atoms with Gasteiger partial charge in [-0.3, -0.25) is 14.9 Å². The van der Waals surface area contributed by atoms with Crippen LogP contribution in [0.2, 0.25) is 5.02 Å². The molecule has 0 aliphatic heterocycles. The van der Waals surface area contributed by atoms with Crippen molar-refractivity contribution in [3.05, 3.63) is 63.2 Å². The highest BCUT2D eigenvalue weighted by atomic mass is 35.5. The summed E-state index contributed by atoms with van der Waals surface area (Å²) >= 11 is 5.73. The molecule has 0 bridgehead atoms. The molecule has 0 aromatic heterocycles. The van der Waals surface area contributed by atoms with E-state index in [9.17, 15) is 14.9 Å². The van der Waals surface area contributed by atoms with Crippen LogP contribution in [0.1, 0.15) is 10.4 Å². The van der Waals surface area contributed by atoms with Gasteiger partial charge in [-0.15, -0.1) is 0 Å². The van der Waals surface area contributed by atoms with Crippen molar-refractivity contribution in [2.45, 2.75) is 0 Å². The first-order chi connectivity index (χ1) is 10.0. The van der Waals surface area contributed by atoms with Gasteiger partial charge in [0, 0.05) is 23.8 Å². The van der Waals surface area contributed by atoms with Gasteiger partial charge >= 0.3 is 0 Å². The van der Waals surface area contributed by atoms with Crippen molar-refractivity contribution in [2.75, 3.05) is 17.7 Å². The summed E-state index contributed by atoms with van der Waals surface area (Å²) in [5.74, 6) is -0.439. The van der Waals surface area contributed by atoms with Crippen molar-refractivity contribution >= 4 is 34.6 Å². The van der Waals surface area contributed by atoms with Crippen molar-refractivity contribution in [3.63, 3.8) is 0 Å². The van der Waals surface area contributed by atoms with E-state index in [1.807, 2.05) is 0 Å².